The van der Waals surface area contributed by atoms with Crippen LogP contribution in [0.3, 0.4) is 0 Å². The summed E-state index contributed by atoms with van der Waals surface area (Å²) in [5.74, 6) is -0.556. The minimum atomic E-state index is -0.465. The molecule has 0 unspecified atom stereocenters. The smallest absolute Gasteiger partial charge is 0.291 e. The van der Waals surface area contributed by atoms with Crippen LogP contribution in [0.1, 0.15) is 21.0 Å². The van der Waals surface area contributed by atoms with Gasteiger partial charge in [0, 0.05) is 23.8 Å². The third kappa shape index (κ3) is 3.38. The fraction of sp³-hybridized carbons (Fsp3) is 0. The predicted molar refractivity (Wildman–Crippen MR) is 87.5 cm³/mol. The molecule has 2 heterocycles. The topological polar surface area (TPSA) is 123 Å². The number of amides is 2. The second-order valence-electron chi connectivity index (χ2n) is 4.75. The molecule has 4 N–H and O–H groups in total. The van der Waals surface area contributed by atoms with Crippen LogP contribution in [0.25, 0.3) is 0 Å². The molecule has 0 saturated heterocycles. The molecule has 0 bridgehead atoms. The van der Waals surface area contributed by atoms with E-state index in [0.29, 0.717) is 11.4 Å². The fourth-order valence-electron chi connectivity index (χ4n) is 1.95. The summed E-state index contributed by atoms with van der Waals surface area (Å²) >= 11 is 0. The van der Waals surface area contributed by atoms with E-state index in [4.69, 9.17) is 10.2 Å². The first kappa shape index (κ1) is 15.2. The van der Waals surface area contributed by atoms with Crippen LogP contribution in [0, 0.1) is 0 Å². The predicted octanol–water partition coefficient (Wildman–Crippen LogP) is 2.16. The Bertz CT molecular complexity index is 860. The van der Waals surface area contributed by atoms with Crippen LogP contribution in [0.2, 0.25) is 0 Å². The summed E-state index contributed by atoms with van der Waals surface area (Å²) in [7, 11) is 0. The quantitative estimate of drug-likeness (QED) is 0.676. The number of nitrogens with two attached hydrogens (primary N) is 1. The third-order valence-corrected chi connectivity index (χ3v) is 3.09. The average molecular weight is 323 g/mol. The Hall–Kier alpha value is -3.68. The van der Waals surface area contributed by atoms with Gasteiger partial charge < -0.3 is 20.8 Å². The summed E-state index contributed by atoms with van der Waals surface area (Å²) in [5, 5.41) is 5.33. The van der Waals surface area contributed by atoms with Gasteiger partial charge in [-0.25, -0.2) is 9.97 Å². The number of hydrogen-bond acceptors (Lipinski definition) is 6. The van der Waals surface area contributed by atoms with Crippen molar-refractivity contribution in [2.45, 2.75) is 0 Å². The highest BCUT2D eigenvalue weighted by Crippen LogP contribution is 2.16. The highest BCUT2D eigenvalue weighted by Gasteiger charge is 2.12. The van der Waals surface area contributed by atoms with Crippen LogP contribution in [0.5, 0.6) is 0 Å². The molecule has 8 heteroatoms. The summed E-state index contributed by atoms with van der Waals surface area (Å²) in [6, 6.07) is 9.78. The van der Waals surface area contributed by atoms with E-state index in [0.717, 1.165) is 0 Å². The molecule has 24 heavy (non-hydrogen) atoms. The van der Waals surface area contributed by atoms with Gasteiger partial charge in [-0.1, -0.05) is 0 Å². The maximum atomic E-state index is 12.1. The van der Waals surface area contributed by atoms with Crippen molar-refractivity contribution in [2.24, 2.45) is 0 Å². The number of rotatable bonds is 4. The largest absolute Gasteiger partial charge is 0.459 e. The Morgan fingerprint density at radius 2 is 1.54 bits per heavy atom. The van der Waals surface area contributed by atoms with E-state index in [-0.39, 0.29) is 23.2 Å². The average Bonchev–Trinajstić information content (AvgIpc) is 3.11. The molecule has 3 rings (SSSR count). The number of carbonyl (C=O) groups is 2. The third-order valence-electron chi connectivity index (χ3n) is 3.09. The van der Waals surface area contributed by atoms with Gasteiger partial charge in [0.05, 0.1) is 6.26 Å². The van der Waals surface area contributed by atoms with Gasteiger partial charge in [0.15, 0.2) is 17.3 Å². The Balaban J connectivity index is 1.65. The van der Waals surface area contributed by atoms with Crippen LogP contribution in [-0.2, 0) is 0 Å². The number of carbonyl (C=O) groups excluding carboxylic acids is 2. The molecule has 2 aromatic heterocycles. The molecule has 0 spiro atoms. The van der Waals surface area contributed by atoms with Crippen molar-refractivity contribution in [1.82, 2.24) is 9.97 Å². The van der Waals surface area contributed by atoms with E-state index < -0.39 is 5.91 Å². The van der Waals surface area contributed by atoms with Crippen LogP contribution < -0.4 is 16.4 Å². The molecule has 0 aliphatic carbocycles. The number of nitrogen functional groups attached to an aromatic ring is 1. The van der Waals surface area contributed by atoms with E-state index in [1.165, 1.54) is 18.7 Å². The van der Waals surface area contributed by atoms with Gasteiger partial charge in [-0.2, -0.15) is 0 Å². The van der Waals surface area contributed by atoms with Crippen molar-refractivity contribution in [2.75, 3.05) is 16.4 Å². The Morgan fingerprint density at radius 1 is 0.917 bits per heavy atom. The molecule has 1 aromatic carbocycles. The van der Waals surface area contributed by atoms with E-state index in [1.54, 1.807) is 36.4 Å². The normalized spacial score (nSPS) is 10.2. The summed E-state index contributed by atoms with van der Waals surface area (Å²) in [6.45, 7) is 0. The van der Waals surface area contributed by atoms with Gasteiger partial charge in [0.25, 0.3) is 11.8 Å². The van der Waals surface area contributed by atoms with E-state index in [2.05, 4.69) is 20.6 Å². The monoisotopic (exact) mass is 323 g/mol. The summed E-state index contributed by atoms with van der Waals surface area (Å²) in [4.78, 5) is 31.6. The first-order valence-electron chi connectivity index (χ1n) is 6.96. The molecule has 0 saturated carbocycles. The molecule has 0 aliphatic rings. The zero-order chi connectivity index (χ0) is 16.9. The van der Waals surface area contributed by atoms with Gasteiger partial charge in [-0.3, -0.25) is 9.59 Å². The fourth-order valence-corrected chi connectivity index (χ4v) is 1.95. The summed E-state index contributed by atoms with van der Waals surface area (Å²) < 4.78 is 5.01. The lowest BCUT2D eigenvalue weighted by atomic mass is 10.2. The number of furan rings is 1. The Labute approximate surface area is 136 Å². The molecule has 3 aromatic rings. The van der Waals surface area contributed by atoms with Crippen molar-refractivity contribution in [3.05, 3.63) is 66.5 Å². The van der Waals surface area contributed by atoms with Crippen molar-refractivity contribution in [3.63, 3.8) is 0 Å². The molecular formula is C16H13N5O3. The highest BCUT2D eigenvalue weighted by atomic mass is 16.3. The maximum Gasteiger partial charge on any atom is 0.291 e. The number of hydrogen-bond donors (Lipinski definition) is 3. The zero-order valence-corrected chi connectivity index (χ0v) is 12.4. The SMILES string of the molecule is Nc1nccnc1C(=O)Nc1ccc(NC(=O)c2ccco2)cc1. The summed E-state index contributed by atoms with van der Waals surface area (Å²) in [6.07, 6.45) is 4.22. The van der Waals surface area contributed by atoms with Gasteiger partial charge >= 0.3 is 0 Å². The van der Waals surface area contributed by atoms with Gasteiger partial charge in [0.1, 0.15) is 0 Å². The highest BCUT2D eigenvalue weighted by molar-refractivity contribution is 6.06. The molecular weight excluding hydrogens is 310 g/mol. The van der Waals surface area contributed by atoms with E-state index >= 15 is 0 Å². The summed E-state index contributed by atoms with van der Waals surface area (Å²) in [5.41, 5.74) is 6.75. The van der Waals surface area contributed by atoms with Crippen LogP contribution in [-0.4, -0.2) is 21.8 Å². The molecule has 0 atom stereocenters. The van der Waals surface area contributed by atoms with Crippen molar-refractivity contribution < 1.29 is 14.0 Å². The molecule has 0 fully saturated rings. The number of benzene rings is 1. The number of anilines is 3. The van der Waals surface area contributed by atoms with Crippen molar-refractivity contribution in [3.8, 4) is 0 Å². The van der Waals surface area contributed by atoms with Crippen LogP contribution in [0.15, 0.2) is 59.5 Å². The van der Waals surface area contributed by atoms with Gasteiger partial charge in [-0.05, 0) is 36.4 Å². The van der Waals surface area contributed by atoms with Crippen LogP contribution in [0.4, 0.5) is 17.2 Å². The van der Waals surface area contributed by atoms with E-state index in [9.17, 15) is 9.59 Å². The van der Waals surface area contributed by atoms with Crippen LogP contribution >= 0.6 is 0 Å². The molecule has 8 nitrogen and oxygen atoms in total. The second-order valence-corrected chi connectivity index (χ2v) is 4.75. The van der Waals surface area contributed by atoms with Gasteiger partial charge in [-0.15, -0.1) is 0 Å². The maximum absolute atomic E-state index is 12.1. The lowest BCUT2D eigenvalue weighted by Gasteiger charge is -2.07. The molecule has 0 radical (unpaired) electrons. The Kier molecular flexibility index (Phi) is 4.19. The standard InChI is InChI=1S/C16H13N5O3/c17-14-13(18-7-8-19-14)16(23)21-11-5-3-10(4-6-11)20-15(22)12-2-1-9-24-12/h1-9H,(H2,17,19)(H,20,22)(H,21,23). The number of nitrogens with one attached hydrogen (secondary N) is 2. The van der Waals surface area contributed by atoms with Crippen molar-refractivity contribution >= 4 is 29.0 Å². The molecule has 0 aliphatic heterocycles. The first-order chi connectivity index (χ1) is 11.6. The lowest BCUT2D eigenvalue weighted by molar-refractivity contribution is 0.0994. The van der Waals surface area contributed by atoms with Gasteiger partial charge in [0.2, 0.25) is 0 Å². The first-order valence-corrected chi connectivity index (χ1v) is 6.96. The molecule has 2 amide bonds. The van der Waals surface area contributed by atoms with Crippen molar-refractivity contribution in [1.29, 1.82) is 0 Å². The Morgan fingerprint density at radius 3 is 2.12 bits per heavy atom. The molecule has 120 valence electrons. The lowest BCUT2D eigenvalue weighted by Crippen LogP contribution is -2.16. The number of aromatic nitrogens is 2. The minimum Gasteiger partial charge on any atom is -0.459 e. The zero-order valence-electron chi connectivity index (χ0n) is 12.4. The van der Waals surface area contributed by atoms with E-state index in [1.807, 2.05) is 0 Å². The number of nitrogens with zero attached hydrogens (tertiary/aromatic N) is 2. The second kappa shape index (κ2) is 6.61. The minimum absolute atomic E-state index is 0.0488.